The lowest BCUT2D eigenvalue weighted by molar-refractivity contribution is -0.140. The summed E-state index contributed by atoms with van der Waals surface area (Å²) >= 11 is 1.61. The molecule has 3 aromatic rings. The molecule has 5 rings (SSSR count). The van der Waals surface area contributed by atoms with Gasteiger partial charge in [0.25, 0.3) is 0 Å². The first-order chi connectivity index (χ1) is 17.6. The first-order valence-electron chi connectivity index (χ1n) is 13.0. The highest BCUT2D eigenvalue weighted by molar-refractivity contribution is 7.10. The molecule has 0 aliphatic carbocycles. The molecule has 0 radical (unpaired) electrons. The molecule has 2 amide bonds. The Hall–Kier alpha value is -2.84. The largest absolute Gasteiger partial charge is 0.381 e. The van der Waals surface area contributed by atoms with E-state index in [1.54, 1.807) is 17.5 Å². The topological polar surface area (TPSA) is 84.4 Å². The number of rotatable bonds is 7. The number of nitrogens with one attached hydrogen (secondary N) is 1. The molecule has 2 fully saturated rings. The van der Waals surface area contributed by atoms with Crippen LogP contribution >= 0.6 is 11.3 Å². The molecule has 2 aliphatic heterocycles. The highest BCUT2D eigenvalue weighted by Gasteiger charge is 2.40. The van der Waals surface area contributed by atoms with Crippen LogP contribution < -0.4 is 5.32 Å². The third-order valence-electron chi connectivity index (χ3n) is 7.63. The Labute approximate surface area is 216 Å². The third kappa shape index (κ3) is 5.02. The van der Waals surface area contributed by atoms with Crippen LogP contribution in [0.4, 0.5) is 0 Å². The van der Waals surface area contributed by atoms with Crippen LogP contribution in [-0.2, 0) is 14.3 Å². The fourth-order valence-electron chi connectivity index (χ4n) is 5.27. The van der Waals surface area contributed by atoms with Crippen LogP contribution in [0.1, 0.15) is 57.0 Å². The Balaban J connectivity index is 1.40. The van der Waals surface area contributed by atoms with Crippen molar-refractivity contribution in [2.75, 3.05) is 19.8 Å². The maximum Gasteiger partial charge on any atom is 0.246 e. The zero-order valence-corrected chi connectivity index (χ0v) is 21.8. The highest BCUT2D eigenvalue weighted by Crippen LogP contribution is 2.38. The Morgan fingerprint density at radius 1 is 1.19 bits per heavy atom. The zero-order chi connectivity index (χ0) is 25.1. The summed E-state index contributed by atoms with van der Waals surface area (Å²) < 4.78 is 5.54. The predicted octanol–water partition coefficient (Wildman–Crippen LogP) is 4.98. The molecule has 2 aromatic heterocycles. The fraction of sp³-hybridized carbons (Fsp3) is 0.500. The van der Waals surface area contributed by atoms with E-state index in [1.807, 2.05) is 36.9 Å². The summed E-state index contributed by atoms with van der Waals surface area (Å²) in [6.07, 6.45) is 5.94. The second-order valence-corrected chi connectivity index (χ2v) is 10.8. The number of pyridine rings is 1. The number of likely N-dealkylation sites (tertiary alicyclic amines) is 1. The molecule has 8 heteroatoms. The van der Waals surface area contributed by atoms with Crippen molar-refractivity contribution in [2.24, 2.45) is 11.8 Å². The number of hydrogen-bond acceptors (Lipinski definition) is 6. The van der Waals surface area contributed by atoms with Crippen LogP contribution in [0.5, 0.6) is 0 Å². The van der Waals surface area contributed by atoms with Crippen molar-refractivity contribution in [1.82, 2.24) is 20.2 Å². The lowest BCUT2D eigenvalue weighted by Crippen LogP contribution is -2.54. The van der Waals surface area contributed by atoms with Crippen LogP contribution in [0.25, 0.3) is 22.2 Å². The number of thiazole rings is 1. The second kappa shape index (κ2) is 11.0. The van der Waals surface area contributed by atoms with Gasteiger partial charge in [-0.1, -0.05) is 32.0 Å². The van der Waals surface area contributed by atoms with Crippen LogP contribution in [0.3, 0.4) is 0 Å². The van der Waals surface area contributed by atoms with Gasteiger partial charge >= 0.3 is 0 Å². The van der Waals surface area contributed by atoms with Crippen molar-refractivity contribution in [3.8, 4) is 11.3 Å². The molecule has 2 saturated heterocycles. The van der Waals surface area contributed by atoms with Crippen molar-refractivity contribution in [3.05, 3.63) is 46.9 Å². The molecule has 0 spiro atoms. The number of amides is 2. The van der Waals surface area contributed by atoms with Crippen molar-refractivity contribution < 1.29 is 14.3 Å². The fourth-order valence-corrected chi connectivity index (χ4v) is 6.23. The summed E-state index contributed by atoms with van der Waals surface area (Å²) in [6, 6.07) is 9.53. The first kappa shape index (κ1) is 24.8. The van der Waals surface area contributed by atoms with Gasteiger partial charge in [0.15, 0.2) is 0 Å². The Bertz CT molecular complexity index is 1220. The van der Waals surface area contributed by atoms with E-state index < -0.39 is 6.04 Å². The first-order valence-corrected chi connectivity index (χ1v) is 13.9. The summed E-state index contributed by atoms with van der Waals surface area (Å²) in [6.45, 7) is 5.87. The molecule has 3 atom stereocenters. The number of benzene rings is 1. The van der Waals surface area contributed by atoms with Gasteiger partial charge in [-0.3, -0.25) is 14.6 Å². The zero-order valence-electron chi connectivity index (χ0n) is 21.0. The molecule has 0 unspecified atom stereocenters. The normalized spacial score (nSPS) is 20.4. The van der Waals surface area contributed by atoms with E-state index in [0.717, 1.165) is 59.3 Å². The minimum absolute atomic E-state index is 0.0205. The van der Waals surface area contributed by atoms with Crippen molar-refractivity contribution >= 4 is 34.1 Å². The maximum atomic E-state index is 14.0. The number of fused-ring (bicyclic) bond motifs is 1. The minimum atomic E-state index is -0.514. The molecular weight excluding hydrogens is 472 g/mol. The predicted molar refractivity (Wildman–Crippen MR) is 141 cm³/mol. The smallest absolute Gasteiger partial charge is 0.246 e. The van der Waals surface area contributed by atoms with E-state index in [2.05, 4.69) is 27.8 Å². The summed E-state index contributed by atoms with van der Waals surface area (Å²) in [4.78, 5) is 38.2. The van der Waals surface area contributed by atoms with Gasteiger partial charge in [0.1, 0.15) is 11.0 Å². The molecular formula is C28H34N4O3S. The van der Waals surface area contributed by atoms with Crippen molar-refractivity contribution in [3.63, 3.8) is 0 Å². The molecule has 0 saturated carbocycles. The lowest BCUT2D eigenvalue weighted by atomic mass is 9.90. The quantitative estimate of drug-likeness (QED) is 0.489. The van der Waals surface area contributed by atoms with Crippen molar-refractivity contribution in [2.45, 2.75) is 58.0 Å². The molecule has 0 bridgehead atoms. The highest BCUT2D eigenvalue weighted by atomic mass is 32.1. The van der Waals surface area contributed by atoms with Gasteiger partial charge in [-0.2, -0.15) is 0 Å². The van der Waals surface area contributed by atoms with Crippen LogP contribution in [-0.4, -0.2) is 52.5 Å². The average molecular weight is 507 g/mol. The number of nitrogens with zero attached hydrogens (tertiary/aromatic N) is 3. The van der Waals surface area contributed by atoms with Gasteiger partial charge in [-0.05, 0) is 50.2 Å². The van der Waals surface area contributed by atoms with Gasteiger partial charge in [0.05, 0.1) is 17.3 Å². The minimum Gasteiger partial charge on any atom is -0.381 e. The van der Waals surface area contributed by atoms with Gasteiger partial charge < -0.3 is 15.0 Å². The molecule has 2 aliphatic rings. The number of aromatic nitrogens is 2. The maximum absolute atomic E-state index is 14.0. The SMILES string of the molecule is CC[C@@H](C)C(=O)N[C@H](C(=O)N1CCC[C@H]1c1nc(-c2cccc3ncccc23)cs1)C1CCOCC1. The molecule has 7 nitrogen and oxygen atoms in total. The Kier molecular flexibility index (Phi) is 7.62. The molecule has 36 heavy (non-hydrogen) atoms. The lowest BCUT2D eigenvalue weighted by Gasteiger charge is -2.35. The standard InChI is InChI=1S/C28H34N4O3S/c1-3-18(2)26(33)31-25(19-11-15-35-16-12-19)28(34)32-14-6-10-24(32)27-30-23(17-36-27)21-7-4-9-22-20(21)8-5-13-29-22/h4-5,7-9,13,17-19,24-25H,3,6,10-12,14-16H2,1-2H3,(H,31,33)/t18-,24+,25+/m1/s1. The monoisotopic (exact) mass is 506 g/mol. The number of carbonyl (C=O) groups is 2. The summed E-state index contributed by atoms with van der Waals surface area (Å²) in [7, 11) is 0. The van der Waals surface area contributed by atoms with E-state index in [-0.39, 0.29) is 29.7 Å². The van der Waals surface area contributed by atoms with Gasteiger partial charge in [-0.25, -0.2) is 4.98 Å². The van der Waals surface area contributed by atoms with Crippen LogP contribution in [0.2, 0.25) is 0 Å². The Morgan fingerprint density at radius 3 is 2.83 bits per heavy atom. The number of carbonyl (C=O) groups excluding carboxylic acids is 2. The van der Waals surface area contributed by atoms with Crippen LogP contribution in [0.15, 0.2) is 41.9 Å². The van der Waals surface area contributed by atoms with E-state index in [4.69, 9.17) is 9.72 Å². The summed E-state index contributed by atoms with van der Waals surface area (Å²) in [5, 5.41) is 7.24. The number of hydrogen-bond donors (Lipinski definition) is 1. The van der Waals surface area contributed by atoms with E-state index >= 15 is 0 Å². The van der Waals surface area contributed by atoms with Gasteiger partial charge in [0.2, 0.25) is 11.8 Å². The Morgan fingerprint density at radius 2 is 2.03 bits per heavy atom. The molecule has 4 heterocycles. The molecule has 190 valence electrons. The van der Waals surface area contributed by atoms with E-state index in [9.17, 15) is 9.59 Å². The molecule has 1 aromatic carbocycles. The third-order valence-corrected chi connectivity index (χ3v) is 8.57. The van der Waals surface area contributed by atoms with E-state index in [0.29, 0.717) is 19.8 Å². The van der Waals surface area contributed by atoms with Crippen LogP contribution in [0, 0.1) is 11.8 Å². The van der Waals surface area contributed by atoms with E-state index in [1.165, 1.54) is 0 Å². The number of ether oxygens (including phenoxy) is 1. The summed E-state index contributed by atoms with van der Waals surface area (Å²) in [5.41, 5.74) is 2.91. The molecule has 1 N–H and O–H groups in total. The van der Waals surface area contributed by atoms with Gasteiger partial charge in [-0.15, -0.1) is 11.3 Å². The second-order valence-electron chi connectivity index (χ2n) is 9.88. The van der Waals surface area contributed by atoms with Gasteiger partial charge in [0, 0.05) is 48.2 Å². The average Bonchev–Trinajstić information content (AvgIpc) is 3.61. The summed E-state index contributed by atoms with van der Waals surface area (Å²) in [5.74, 6) is -0.0480. The van der Waals surface area contributed by atoms with Crippen molar-refractivity contribution in [1.29, 1.82) is 0 Å².